The summed E-state index contributed by atoms with van der Waals surface area (Å²) >= 11 is 0. The van der Waals surface area contributed by atoms with Crippen molar-refractivity contribution in [3.8, 4) is 0 Å². The van der Waals surface area contributed by atoms with Crippen LogP contribution in [0.15, 0.2) is 37.5 Å². The molecule has 3 heteroatoms. The minimum Gasteiger partial charge on any atom is -0.364 e. The van der Waals surface area contributed by atoms with Crippen molar-refractivity contribution in [3.63, 3.8) is 0 Å². The van der Waals surface area contributed by atoms with Crippen molar-refractivity contribution in [2.75, 3.05) is 13.1 Å². The van der Waals surface area contributed by atoms with Gasteiger partial charge in [-0.15, -0.1) is 18.2 Å². The number of hydroxylamine groups is 2. The third-order valence-electron chi connectivity index (χ3n) is 1.59. The van der Waals surface area contributed by atoms with Gasteiger partial charge in [0.05, 0.1) is 13.1 Å². The molecule has 0 saturated carbocycles. The summed E-state index contributed by atoms with van der Waals surface area (Å²) in [5, 5.41) is 1.48. The van der Waals surface area contributed by atoms with E-state index in [1.54, 1.807) is 12.2 Å². The van der Waals surface area contributed by atoms with Gasteiger partial charge in [-0.2, -0.15) is 0 Å². The number of carbonyl (C=O) groups is 1. The van der Waals surface area contributed by atoms with Crippen LogP contribution in [0.1, 0.15) is 13.3 Å². The summed E-state index contributed by atoms with van der Waals surface area (Å²) in [4.78, 5) is 16.3. The highest BCUT2D eigenvalue weighted by molar-refractivity contribution is 5.87. The van der Waals surface area contributed by atoms with Gasteiger partial charge in [-0.25, -0.2) is 4.79 Å². The maximum Gasteiger partial charge on any atom is 0.352 e. The largest absolute Gasteiger partial charge is 0.364 e. The van der Waals surface area contributed by atoms with Crippen LogP contribution in [0.25, 0.3) is 0 Å². The first-order chi connectivity index (χ1) is 6.65. The molecule has 0 saturated heterocycles. The third-order valence-corrected chi connectivity index (χ3v) is 1.59. The van der Waals surface area contributed by atoms with Crippen LogP contribution in [0.3, 0.4) is 0 Å². The van der Waals surface area contributed by atoms with Crippen LogP contribution in [-0.4, -0.2) is 24.1 Å². The molecule has 0 heterocycles. The minimum atomic E-state index is -0.392. The van der Waals surface area contributed by atoms with Gasteiger partial charge in [0.2, 0.25) is 0 Å². The molecule has 0 aliphatic heterocycles. The van der Waals surface area contributed by atoms with Gasteiger partial charge in [0.25, 0.3) is 0 Å². The first-order valence-electron chi connectivity index (χ1n) is 4.52. The molecular formula is C11H17NO2. The number of hydrogen-bond acceptors (Lipinski definition) is 3. The summed E-state index contributed by atoms with van der Waals surface area (Å²) in [5.74, 6) is -0.392. The van der Waals surface area contributed by atoms with Crippen molar-refractivity contribution < 1.29 is 9.63 Å². The quantitative estimate of drug-likeness (QED) is 0.354. The summed E-state index contributed by atoms with van der Waals surface area (Å²) in [6.45, 7) is 13.5. The fourth-order valence-electron chi connectivity index (χ4n) is 0.763. The molecule has 0 fully saturated rings. The molecule has 14 heavy (non-hydrogen) atoms. The van der Waals surface area contributed by atoms with E-state index in [0.717, 1.165) is 0 Å². The highest BCUT2D eigenvalue weighted by Crippen LogP contribution is 2.02. The molecule has 78 valence electrons. The summed E-state index contributed by atoms with van der Waals surface area (Å²) in [5.41, 5.74) is 0.461. The molecule has 0 aromatic carbocycles. The van der Waals surface area contributed by atoms with E-state index >= 15 is 0 Å². The van der Waals surface area contributed by atoms with Crippen LogP contribution in [0.2, 0.25) is 0 Å². The van der Waals surface area contributed by atoms with E-state index in [1.165, 1.54) is 5.06 Å². The fourth-order valence-corrected chi connectivity index (χ4v) is 0.763. The predicted molar refractivity (Wildman–Crippen MR) is 57.5 cm³/mol. The Morgan fingerprint density at radius 3 is 2.21 bits per heavy atom. The van der Waals surface area contributed by atoms with E-state index in [4.69, 9.17) is 4.84 Å². The molecule has 0 spiro atoms. The number of rotatable bonds is 7. The highest BCUT2D eigenvalue weighted by atomic mass is 16.7. The Bertz CT molecular complexity index is 223. The monoisotopic (exact) mass is 195 g/mol. The lowest BCUT2D eigenvalue weighted by Crippen LogP contribution is -2.28. The van der Waals surface area contributed by atoms with Gasteiger partial charge >= 0.3 is 5.97 Å². The van der Waals surface area contributed by atoms with Gasteiger partial charge in [0.1, 0.15) is 0 Å². The first kappa shape index (κ1) is 12.7. The molecule has 0 radical (unpaired) electrons. The maximum absolute atomic E-state index is 11.3. The second-order valence-corrected chi connectivity index (χ2v) is 2.76. The van der Waals surface area contributed by atoms with E-state index in [9.17, 15) is 4.79 Å². The zero-order valence-corrected chi connectivity index (χ0v) is 8.66. The highest BCUT2D eigenvalue weighted by Gasteiger charge is 2.11. The Labute approximate surface area is 85.3 Å². The summed E-state index contributed by atoms with van der Waals surface area (Å²) < 4.78 is 0. The Morgan fingerprint density at radius 2 is 1.86 bits per heavy atom. The fraction of sp³-hybridized carbons (Fsp3) is 0.364. The lowest BCUT2D eigenvalue weighted by atomic mass is 10.2. The van der Waals surface area contributed by atoms with E-state index in [-0.39, 0.29) is 0 Å². The summed E-state index contributed by atoms with van der Waals surface area (Å²) in [6, 6.07) is 0. The molecule has 0 rings (SSSR count). The number of carbonyl (C=O) groups excluding carboxylic acids is 1. The topological polar surface area (TPSA) is 29.5 Å². The molecule has 0 atom stereocenters. The Balaban J connectivity index is 4.13. The maximum atomic E-state index is 11.3. The van der Waals surface area contributed by atoms with Gasteiger partial charge in [-0.05, 0) is 6.42 Å². The van der Waals surface area contributed by atoms with Crippen molar-refractivity contribution in [1.29, 1.82) is 0 Å². The second kappa shape index (κ2) is 7.09. The summed E-state index contributed by atoms with van der Waals surface area (Å²) in [6.07, 6.45) is 3.91. The van der Waals surface area contributed by atoms with Crippen LogP contribution in [0, 0.1) is 0 Å². The van der Waals surface area contributed by atoms with Crippen molar-refractivity contribution in [2.24, 2.45) is 0 Å². The number of hydrogen-bond donors (Lipinski definition) is 0. The molecule has 0 bridgehead atoms. The van der Waals surface area contributed by atoms with Gasteiger partial charge in [0.15, 0.2) is 0 Å². The predicted octanol–water partition coefficient (Wildman–Crippen LogP) is 2.08. The van der Waals surface area contributed by atoms with Gasteiger partial charge < -0.3 is 4.84 Å². The molecule has 3 nitrogen and oxygen atoms in total. The van der Waals surface area contributed by atoms with Gasteiger partial charge in [-0.1, -0.05) is 25.7 Å². The average Bonchev–Trinajstić information content (AvgIpc) is 2.17. The smallest absolute Gasteiger partial charge is 0.352 e. The second-order valence-electron chi connectivity index (χ2n) is 2.76. The first-order valence-corrected chi connectivity index (χ1v) is 4.52. The van der Waals surface area contributed by atoms with Crippen molar-refractivity contribution in [2.45, 2.75) is 13.3 Å². The minimum absolute atomic E-state index is 0.392. The molecule has 0 aromatic heterocycles. The SMILES string of the molecule is C=CCN(CC=C)OC(=O)C(=C)CC. The Morgan fingerprint density at radius 1 is 1.36 bits per heavy atom. The molecular weight excluding hydrogens is 178 g/mol. The standard InChI is InChI=1S/C11H17NO2/c1-5-8-12(9-6-2)14-11(13)10(4)7-3/h5-6H,1-2,4,7-9H2,3H3. The Hall–Kier alpha value is -1.35. The van der Waals surface area contributed by atoms with Crippen LogP contribution < -0.4 is 0 Å². The van der Waals surface area contributed by atoms with Gasteiger partial charge in [0, 0.05) is 5.57 Å². The third kappa shape index (κ3) is 4.62. The summed E-state index contributed by atoms with van der Waals surface area (Å²) in [7, 11) is 0. The lowest BCUT2D eigenvalue weighted by molar-refractivity contribution is -0.180. The van der Waals surface area contributed by atoms with Crippen LogP contribution in [0.4, 0.5) is 0 Å². The van der Waals surface area contributed by atoms with E-state index < -0.39 is 5.97 Å². The van der Waals surface area contributed by atoms with Gasteiger partial charge in [-0.3, -0.25) is 0 Å². The van der Waals surface area contributed by atoms with E-state index in [2.05, 4.69) is 19.7 Å². The lowest BCUT2D eigenvalue weighted by Gasteiger charge is -2.17. The average molecular weight is 195 g/mol. The molecule has 0 N–H and O–H groups in total. The zero-order chi connectivity index (χ0) is 11.0. The Kier molecular flexibility index (Phi) is 6.41. The van der Waals surface area contributed by atoms with Crippen LogP contribution in [0.5, 0.6) is 0 Å². The van der Waals surface area contributed by atoms with Crippen molar-refractivity contribution in [1.82, 2.24) is 5.06 Å². The molecule has 0 aromatic rings. The molecule has 0 amide bonds. The van der Waals surface area contributed by atoms with E-state index in [0.29, 0.717) is 25.1 Å². The molecule has 0 aliphatic rings. The number of nitrogens with zero attached hydrogens (tertiary/aromatic N) is 1. The van der Waals surface area contributed by atoms with E-state index in [1.807, 2.05) is 6.92 Å². The van der Waals surface area contributed by atoms with Crippen LogP contribution >= 0.6 is 0 Å². The zero-order valence-electron chi connectivity index (χ0n) is 8.66. The van der Waals surface area contributed by atoms with Crippen molar-refractivity contribution in [3.05, 3.63) is 37.5 Å². The van der Waals surface area contributed by atoms with Crippen LogP contribution in [-0.2, 0) is 9.63 Å². The van der Waals surface area contributed by atoms with Crippen molar-refractivity contribution >= 4 is 5.97 Å². The molecule has 0 aliphatic carbocycles. The molecule has 0 unspecified atom stereocenters. The normalized spacial score (nSPS) is 9.57.